The van der Waals surface area contributed by atoms with Gasteiger partial charge in [0, 0.05) is 23.5 Å². The minimum Gasteiger partial charge on any atom is -0.494 e. The zero-order valence-corrected chi connectivity index (χ0v) is 19.7. The summed E-state index contributed by atoms with van der Waals surface area (Å²) in [5.41, 5.74) is 3.06. The molecule has 0 aliphatic heterocycles. The van der Waals surface area contributed by atoms with E-state index in [1.54, 1.807) is 24.3 Å². The summed E-state index contributed by atoms with van der Waals surface area (Å²) in [6, 6.07) is 24.2. The molecule has 0 fully saturated rings. The van der Waals surface area contributed by atoms with Crippen molar-refractivity contribution in [3.8, 4) is 5.75 Å². The lowest BCUT2D eigenvalue weighted by Crippen LogP contribution is -2.23. The van der Waals surface area contributed by atoms with E-state index in [9.17, 15) is 9.59 Å². The van der Waals surface area contributed by atoms with Gasteiger partial charge in [0.1, 0.15) is 5.75 Å². The number of hydrogen-bond acceptors (Lipinski definition) is 4. The lowest BCUT2D eigenvalue weighted by atomic mass is 10.1. The highest BCUT2D eigenvalue weighted by Crippen LogP contribution is 2.16. The lowest BCUT2D eigenvalue weighted by Gasteiger charge is -2.10. The fourth-order valence-electron chi connectivity index (χ4n) is 3.36. The summed E-state index contributed by atoms with van der Waals surface area (Å²) in [6.07, 6.45) is 4.71. The number of carbonyl (C=O) groups is 2. The maximum Gasteiger partial charge on any atom is 0.251 e. The van der Waals surface area contributed by atoms with Crippen molar-refractivity contribution in [3.63, 3.8) is 0 Å². The molecule has 0 aliphatic rings. The number of rotatable bonds is 13. The van der Waals surface area contributed by atoms with Crippen LogP contribution in [0.25, 0.3) is 0 Å². The molecule has 0 radical (unpaired) electrons. The van der Waals surface area contributed by atoms with Crippen LogP contribution in [0.3, 0.4) is 0 Å². The Kier molecular flexibility index (Phi) is 9.99. The first-order valence-corrected chi connectivity index (χ1v) is 11.8. The first-order chi connectivity index (χ1) is 16.6. The topological polar surface area (TPSA) is 79.5 Å². The molecule has 0 unspecified atom stereocenters. The van der Waals surface area contributed by atoms with E-state index in [4.69, 9.17) is 4.74 Å². The quantitative estimate of drug-likeness (QED) is 0.290. The fraction of sp³-hybridized carbons (Fsp3) is 0.286. The van der Waals surface area contributed by atoms with Gasteiger partial charge >= 0.3 is 0 Å². The number of ether oxygens (including phenoxy) is 1. The van der Waals surface area contributed by atoms with Crippen molar-refractivity contribution in [1.82, 2.24) is 5.32 Å². The van der Waals surface area contributed by atoms with E-state index in [0.717, 1.165) is 30.0 Å². The molecule has 6 nitrogen and oxygen atoms in total. The van der Waals surface area contributed by atoms with Gasteiger partial charge in [-0.05, 0) is 60.5 Å². The normalized spacial score (nSPS) is 10.4. The molecule has 2 amide bonds. The summed E-state index contributed by atoms with van der Waals surface area (Å²) in [5, 5.41) is 8.83. The van der Waals surface area contributed by atoms with E-state index in [0.29, 0.717) is 17.8 Å². The third-order valence-electron chi connectivity index (χ3n) is 5.30. The van der Waals surface area contributed by atoms with E-state index >= 15 is 0 Å². The van der Waals surface area contributed by atoms with Crippen molar-refractivity contribution >= 4 is 23.2 Å². The first kappa shape index (κ1) is 24.8. The maximum absolute atomic E-state index is 12.3. The summed E-state index contributed by atoms with van der Waals surface area (Å²) in [6.45, 7) is 3.52. The van der Waals surface area contributed by atoms with Gasteiger partial charge in [0.15, 0.2) is 0 Å². The molecule has 0 aliphatic carbocycles. The molecular weight excluding hydrogens is 426 g/mol. The highest BCUT2D eigenvalue weighted by atomic mass is 16.5. The van der Waals surface area contributed by atoms with Crippen LogP contribution in [0.4, 0.5) is 11.4 Å². The van der Waals surface area contributed by atoms with Crippen LogP contribution in [-0.2, 0) is 11.3 Å². The number of anilines is 2. The summed E-state index contributed by atoms with van der Waals surface area (Å²) >= 11 is 0. The third-order valence-corrected chi connectivity index (χ3v) is 5.30. The largest absolute Gasteiger partial charge is 0.494 e. The molecule has 3 aromatic rings. The summed E-state index contributed by atoms with van der Waals surface area (Å²) in [4.78, 5) is 24.6. The fourth-order valence-corrected chi connectivity index (χ4v) is 3.36. The second kappa shape index (κ2) is 13.7. The SMILES string of the molecule is CCCCCCOc1ccc(NCC(=O)Nc2ccc(C(=O)NCc3ccccc3)cc2)cc1. The van der Waals surface area contributed by atoms with E-state index in [1.807, 2.05) is 54.6 Å². The van der Waals surface area contributed by atoms with Crippen LogP contribution in [0, 0.1) is 0 Å². The van der Waals surface area contributed by atoms with E-state index in [2.05, 4.69) is 22.9 Å². The Hall–Kier alpha value is -3.80. The van der Waals surface area contributed by atoms with Gasteiger partial charge in [0.25, 0.3) is 5.91 Å². The van der Waals surface area contributed by atoms with Crippen molar-refractivity contribution in [2.45, 2.75) is 39.2 Å². The molecule has 0 saturated carbocycles. The van der Waals surface area contributed by atoms with Gasteiger partial charge in [-0.3, -0.25) is 9.59 Å². The van der Waals surface area contributed by atoms with Crippen LogP contribution >= 0.6 is 0 Å². The number of benzene rings is 3. The molecule has 34 heavy (non-hydrogen) atoms. The molecule has 0 aromatic heterocycles. The highest BCUT2D eigenvalue weighted by molar-refractivity contribution is 5.96. The van der Waals surface area contributed by atoms with Gasteiger partial charge in [-0.15, -0.1) is 0 Å². The van der Waals surface area contributed by atoms with Crippen LogP contribution in [0.2, 0.25) is 0 Å². The summed E-state index contributed by atoms with van der Waals surface area (Å²) in [7, 11) is 0. The van der Waals surface area contributed by atoms with Crippen LogP contribution in [0.1, 0.15) is 48.5 Å². The molecule has 0 heterocycles. The number of carbonyl (C=O) groups excluding carboxylic acids is 2. The summed E-state index contributed by atoms with van der Waals surface area (Å²) in [5.74, 6) is 0.508. The maximum atomic E-state index is 12.3. The average Bonchev–Trinajstić information content (AvgIpc) is 2.88. The number of unbranched alkanes of at least 4 members (excludes halogenated alkanes) is 3. The number of hydrogen-bond donors (Lipinski definition) is 3. The molecule has 0 atom stereocenters. The molecule has 0 spiro atoms. The Labute approximate surface area is 201 Å². The highest BCUT2D eigenvalue weighted by Gasteiger charge is 2.07. The Balaban J connectivity index is 1.38. The molecular formula is C28H33N3O3. The van der Waals surface area contributed by atoms with Crippen molar-refractivity contribution in [2.24, 2.45) is 0 Å². The molecule has 3 rings (SSSR count). The van der Waals surface area contributed by atoms with Gasteiger partial charge in [-0.25, -0.2) is 0 Å². The predicted octanol–water partition coefficient (Wildman–Crippen LogP) is 5.63. The van der Waals surface area contributed by atoms with E-state index in [1.165, 1.54) is 19.3 Å². The van der Waals surface area contributed by atoms with Crippen LogP contribution in [0.15, 0.2) is 78.9 Å². The molecule has 0 saturated heterocycles. The van der Waals surface area contributed by atoms with Crippen LogP contribution < -0.4 is 20.7 Å². The Morgan fingerprint density at radius 2 is 1.50 bits per heavy atom. The first-order valence-electron chi connectivity index (χ1n) is 11.8. The smallest absolute Gasteiger partial charge is 0.251 e. The molecule has 3 N–H and O–H groups in total. The van der Waals surface area contributed by atoms with Gasteiger partial charge in [-0.2, -0.15) is 0 Å². The second-order valence-electron chi connectivity index (χ2n) is 8.08. The minimum absolute atomic E-state index is 0.135. The third kappa shape index (κ3) is 8.62. The molecule has 3 aromatic carbocycles. The lowest BCUT2D eigenvalue weighted by molar-refractivity contribution is -0.114. The summed E-state index contributed by atoms with van der Waals surface area (Å²) < 4.78 is 5.74. The molecule has 178 valence electrons. The van der Waals surface area contributed by atoms with Crippen LogP contribution in [-0.4, -0.2) is 25.0 Å². The standard InChI is InChI=1S/C28H33N3O3/c1-2-3-4-8-19-34-26-17-15-24(16-18-26)29-21-27(32)31-25-13-11-23(12-14-25)28(33)30-20-22-9-6-5-7-10-22/h5-7,9-18,29H,2-4,8,19-21H2,1H3,(H,30,33)(H,31,32). The Bertz CT molecular complexity index is 1020. The van der Waals surface area contributed by atoms with Crippen molar-refractivity contribution in [3.05, 3.63) is 90.0 Å². The zero-order valence-electron chi connectivity index (χ0n) is 19.7. The molecule has 0 bridgehead atoms. The zero-order chi connectivity index (χ0) is 24.0. The van der Waals surface area contributed by atoms with Crippen molar-refractivity contribution in [1.29, 1.82) is 0 Å². The van der Waals surface area contributed by atoms with Gasteiger partial charge < -0.3 is 20.7 Å². The number of amides is 2. The van der Waals surface area contributed by atoms with E-state index in [-0.39, 0.29) is 18.4 Å². The van der Waals surface area contributed by atoms with Gasteiger partial charge in [-0.1, -0.05) is 56.5 Å². The average molecular weight is 460 g/mol. The van der Waals surface area contributed by atoms with Crippen molar-refractivity contribution < 1.29 is 14.3 Å². The minimum atomic E-state index is -0.169. The van der Waals surface area contributed by atoms with Gasteiger partial charge in [0.2, 0.25) is 5.91 Å². The predicted molar refractivity (Wildman–Crippen MR) is 137 cm³/mol. The van der Waals surface area contributed by atoms with E-state index < -0.39 is 0 Å². The number of nitrogens with one attached hydrogen (secondary N) is 3. The second-order valence-corrected chi connectivity index (χ2v) is 8.08. The monoisotopic (exact) mass is 459 g/mol. The molecule has 6 heteroatoms. The van der Waals surface area contributed by atoms with Crippen LogP contribution in [0.5, 0.6) is 5.75 Å². The van der Waals surface area contributed by atoms with Gasteiger partial charge in [0.05, 0.1) is 13.2 Å². The Morgan fingerprint density at radius 3 is 2.21 bits per heavy atom. The van der Waals surface area contributed by atoms with Crippen molar-refractivity contribution in [2.75, 3.05) is 23.8 Å². The Morgan fingerprint density at radius 1 is 0.794 bits per heavy atom.